The molecule has 30 heavy (non-hydrogen) atoms. The summed E-state index contributed by atoms with van der Waals surface area (Å²) in [5, 5.41) is 2.96. The number of carbonyl (C=O) groups excluding carboxylic acids is 1. The largest absolute Gasteiger partial charge is 0.433 e. The number of nitrogens with zero attached hydrogens (tertiary/aromatic N) is 3. The first kappa shape index (κ1) is 22.1. The molecule has 2 aromatic heterocycles. The maximum absolute atomic E-state index is 12.9. The van der Waals surface area contributed by atoms with Gasteiger partial charge in [0.1, 0.15) is 11.5 Å². The molecule has 1 N–H and O–H groups in total. The number of hydrogen-bond acceptors (Lipinski definition) is 4. The summed E-state index contributed by atoms with van der Waals surface area (Å²) in [6.45, 7) is 10.8. The van der Waals surface area contributed by atoms with Crippen LogP contribution in [0.25, 0.3) is 0 Å². The van der Waals surface area contributed by atoms with Crippen LogP contribution in [0.1, 0.15) is 55.4 Å². The van der Waals surface area contributed by atoms with Gasteiger partial charge in [0.25, 0.3) is 0 Å². The van der Waals surface area contributed by atoms with E-state index < -0.39 is 11.9 Å². The van der Waals surface area contributed by atoms with Crippen molar-refractivity contribution in [1.82, 2.24) is 9.97 Å². The fraction of sp³-hybridized carbons (Fsp3) is 0.500. The Labute approximate surface area is 174 Å². The second-order valence-electron chi connectivity index (χ2n) is 9.01. The van der Waals surface area contributed by atoms with Gasteiger partial charge >= 0.3 is 6.18 Å². The molecule has 0 fully saturated rings. The van der Waals surface area contributed by atoms with E-state index in [2.05, 4.69) is 15.3 Å². The highest BCUT2D eigenvalue weighted by molar-refractivity contribution is 5.92. The molecule has 0 aromatic carbocycles. The summed E-state index contributed by atoms with van der Waals surface area (Å²) in [7, 11) is 0. The first-order chi connectivity index (χ1) is 13.8. The van der Waals surface area contributed by atoms with Gasteiger partial charge in [0, 0.05) is 31.6 Å². The third-order valence-corrected chi connectivity index (χ3v) is 5.00. The molecule has 0 radical (unpaired) electrons. The fourth-order valence-corrected chi connectivity index (χ4v) is 3.60. The first-order valence-electron chi connectivity index (χ1n) is 9.92. The standard InChI is InChI=1S/C22H27F3N4O/c1-13-10-18(26-14(2)20(13)28-19(30)11-21(3,4)5)29-9-8-16-15(12-29)6-7-17(27-16)22(23,24)25/h6-7,10H,8-9,11-12H2,1-5H3,(H,28,30). The summed E-state index contributed by atoms with van der Waals surface area (Å²) >= 11 is 0. The molecular weight excluding hydrogens is 393 g/mol. The van der Waals surface area contributed by atoms with Crippen LogP contribution in [0.3, 0.4) is 0 Å². The van der Waals surface area contributed by atoms with E-state index in [4.69, 9.17) is 0 Å². The summed E-state index contributed by atoms with van der Waals surface area (Å²) in [6, 6.07) is 4.43. The summed E-state index contributed by atoms with van der Waals surface area (Å²) in [6.07, 6.45) is -3.61. The zero-order valence-electron chi connectivity index (χ0n) is 17.9. The van der Waals surface area contributed by atoms with E-state index in [9.17, 15) is 18.0 Å². The van der Waals surface area contributed by atoms with Gasteiger partial charge in [-0.1, -0.05) is 26.8 Å². The molecule has 8 heteroatoms. The molecule has 0 saturated carbocycles. The van der Waals surface area contributed by atoms with Gasteiger partial charge in [0.2, 0.25) is 5.91 Å². The van der Waals surface area contributed by atoms with Crippen LogP contribution in [0.2, 0.25) is 0 Å². The van der Waals surface area contributed by atoms with Crippen LogP contribution in [0.5, 0.6) is 0 Å². The number of aromatic nitrogens is 2. The molecule has 0 aliphatic carbocycles. The van der Waals surface area contributed by atoms with Crippen molar-refractivity contribution < 1.29 is 18.0 Å². The number of fused-ring (bicyclic) bond motifs is 1. The van der Waals surface area contributed by atoms with Gasteiger partial charge < -0.3 is 10.2 Å². The van der Waals surface area contributed by atoms with Crippen LogP contribution < -0.4 is 10.2 Å². The van der Waals surface area contributed by atoms with Crippen molar-refractivity contribution in [2.45, 2.75) is 60.2 Å². The Bertz CT molecular complexity index is 941. The van der Waals surface area contributed by atoms with Crippen LogP contribution in [-0.2, 0) is 23.9 Å². The van der Waals surface area contributed by atoms with E-state index in [1.807, 2.05) is 45.6 Å². The van der Waals surface area contributed by atoms with E-state index in [1.165, 1.54) is 6.07 Å². The molecule has 0 saturated heterocycles. The molecule has 5 nitrogen and oxygen atoms in total. The van der Waals surface area contributed by atoms with Crippen LogP contribution in [-0.4, -0.2) is 22.4 Å². The van der Waals surface area contributed by atoms with Gasteiger partial charge in [-0.05, 0) is 42.5 Å². The van der Waals surface area contributed by atoms with Gasteiger partial charge in [-0.15, -0.1) is 0 Å². The second kappa shape index (κ2) is 7.89. The predicted octanol–water partition coefficient (Wildman–Crippen LogP) is 5.05. The average molecular weight is 420 g/mol. The van der Waals surface area contributed by atoms with Gasteiger partial charge in [0.15, 0.2) is 0 Å². The monoisotopic (exact) mass is 420 g/mol. The maximum atomic E-state index is 12.9. The molecule has 3 rings (SSSR count). The Hall–Kier alpha value is -2.64. The minimum Gasteiger partial charge on any atom is -0.352 e. The van der Waals surface area contributed by atoms with Crippen molar-refractivity contribution in [2.24, 2.45) is 5.41 Å². The number of amides is 1. The van der Waals surface area contributed by atoms with E-state index in [1.54, 1.807) is 0 Å². The molecule has 0 bridgehead atoms. The zero-order chi connectivity index (χ0) is 22.3. The van der Waals surface area contributed by atoms with Gasteiger partial charge in [-0.2, -0.15) is 13.2 Å². The van der Waals surface area contributed by atoms with Crippen LogP contribution in [0, 0.1) is 19.3 Å². The van der Waals surface area contributed by atoms with Gasteiger partial charge in [-0.25, -0.2) is 9.97 Å². The summed E-state index contributed by atoms with van der Waals surface area (Å²) in [4.78, 5) is 22.8. The average Bonchev–Trinajstić information content (AvgIpc) is 2.61. The lowest BCUT2D eigenvalue weighted by molar-refractivity contribution is -0.141. The van der Waals surface area contributed by atoms with Crippen LogP contribution in [0.15, 0.2) is 18.2 Å². The number of halogens is 3. The molecule has 162 valence electrons. The van der Waals surface area contributed by atoms with E-state index in [-0.39, 0.29) is 11.3 Å². The quantitative estimate of drug-likeness (QED) is 0.755. The number of anilines is 2. The van der Waals surface area contributed by atoms with E-state index in [0.29, 0.717) is 43.0 Å². The molecule has 0 spiro atoms. The molecule has 1 aliphatic rings. The van der Waals surface area contributed by atoms with E-state index >= 15 is 0 Å². The number of pyridine rings is 2. The van der Waals surface area contributed by atoms with E-state index in [0.717, 1.165) is 23.0 Å². The summed E-state index contributed by atoms with van der Waals surface area (Å²) < 4.78 is 38.7. The number of rotatable bonds is 3. The van der Waals surface area contributed by atoms with Crippen LogP contribution in [0.4, 0.5) is 24.7 Å². The third kappa shape index (κ3) is 5.09. The number of alkyl halides is 3. The highest BCUT2D eigenvalue weighted by Gasteiger charge is 2.33. The smallest absolute Gasteiger partial charge is 0.352 e. The Kier molecular flexibility index (Phi) is 5.80. The lowest BCUT2D eigenvalue weighted by atomic mass is 9.92. The zero-order valence-corrected chi connectivity index (χ0v) is 17.9. The SMILES string of the molecule is Cc1cc(N2CCc3nc(C(F)(F)F)ccc3C2)nc(C)c1NC(=O)CC(C)(C)C. The van der Waals surface area contributed by atoms with Crippen LogP contribution >= 0.6 is 0 Å². The normalized spacial score (nSPS) is 14.5. The maximum Gasteiger partial charge on any atom is 0.433 e. The molecule has 0 unspecified atom stereocenters. The number of aryl methyl sites for hydroxylation is 2. The molecule has 2 aromatic rings. The Morgan fingerprint density at radius 2 is 1.87 bits per heavy atom. The number of nitrogens with one attached hydrogen (secondary N) is 1. The highest BCUT2D eigenvalue weighted by atomic mass is 19.4. The molecular formula is C22H27F3N4O. The Morgan fingerprint density at radius 3 is 2.47 bits per heavy atom. The van der Waals surface area contributed by atoms with Crippen molar-refractivity contribution in [3.05, 3.63) is 46.4 Å². The highest BCUT2D eigenvalue weighted by Crippen LogP contribution is 2.31. The lowest BCUT2D eigenvalue weighted by Gasteiger charge is -2.30. The van der Waals surface area contributed by atoms with Gasteiger partial charge in [-0.3, -0.25) is 4.79 Å². The summed E-state index contributed by atoms with van der Waals surface area (Å²) in [5.74, 6) is 0.686. The Morgan fingerprint density at radius 1 is 1.17 bits per heavy atom. The van der Waals surface area contributed by atoms with Crippen molar-refractivity contribution in [2.75, 3.05) is 16.8 Å². The van der Waals surface area contributed by atoms with Crippen molar-refractivity contribution in [1.29, 1.82) is 0 Å². The van der Waals surface area contributed by atoms with Crippen molar-refractivity contribution in [3.8, 4) is 0 Å². The molecule has 3 heterocycles. The van der Waals surface area contributed by atoms with Crippen molar-refractivity contribution in [3.63, 3.8) is 0 Å². The van der Waals surface area contributed by atoms with Crippen molar-refractivity contribution >= 4 is 17.4 Å². The fourth-order valence-electron chi connectivity index (χ4n) is 3.60. The third-order valence-electron chi connectivity index (χ3n) is 5.00. The molecule has 0 atom stereocenters. The second-order valence-corrected chi connectivity index (χ2v) is 9.01. The number of hydrogen-bond donors (Lipinski definition) is 1. The summed E-state index contributed by atoms with van der Waals surface area (Å²) in [5.41, 5.74) is 2.62. The minimum atomic E-state index is -4.44. The van der Waals surface area contributed by atoms with Gasteiger partial charge in [0.05, 0.1) is 11.4 Å². The topological polar surface area (TPSA) is 58.1 Å². The predicted molar refractivity (Wildman–Crippen MR) is 110 cm³/mol. The Balaban J connectivity index is 1.79. The minimum absolute atomic E-state index is 0.0540. The lowest BCUT2D eigenvalue weighted by Crippen LogP contribution is -2.32. The number of carbonyl (C=O) groups is 1. The molecule has 1 amide bonds. The first-order valence-corrected chi connectivity index (χ1v) is 9.92. The molecule has 1 aliphatic heterocycles.